The van der Waals surface area contributed by atoms with Crippen LogP contribution in [0.4, 0.5) is 0 Å². The van der Waals surface area contributed by atoms with E-state index in [0.717, 1.165) is 11.3 Å². The molecule has 1 aliphatic carbocycles. The fourth-order valence-corrected chi connectivity index (χ4v) is 4.19. The minimum Gasteiger partial charge on any atom is -0.494 e. The van der Waals surface area contributed by atoms with Crippen molar-refractivity contribution < 1.29 is 4.74 Å². The topological polar surface area (TPSA) is 48.1 Å². The standard InChI is InChI=1S/C15H20N2OS/c1-2-18-11-5-6-12-13(9-11)19-14(17-12)15(10-16)7-3-4-8-15/h5-6,9H,2-4,7-8,10,16H2,1H3. The van der Waals surface area contributed by atoms with Crippen LogP contribution in [0.5, 0.6) is 5.75 Å². The quantitative estimate of drug-likeness (QED) is 0.930. The average Bonchev–Trinajstić information content (AvgIpc) is 3.05. The zero-order valence-electron chi connectivity index (χ0n) is 11.3. The smallest absolute Gasteiger partial charge is 0.120 e. The molecule has 0 unspecified atom stereocenters. The Balaban J connectivity index is 2.01. The second-order valence-electron chi connectivity index (χ2n) is 5.27. The molecule has 0 saturated heterocycles. The molecular formula is C15H20N2OS. The summed E-state index contributed by atoms with van der Waals surface area (Å²) in [4.78, 5) is 4.82. The first kappa shape index (κ1) is 12.9. The first-order chi connectivity index (χ1) is 9.27. The predicted octanol–water partition coefficient (Wildman–Crippen LogP) is 3.47. The lowest BCUT2D eigenvalue weighted by Crippen LogP contribution is -2.31. The van der Waals surface area contributed by atoms with Gasteiger partial charge in [0.2, 0.25) is 0 Å². The molecule has 0 radical (unpaired) electrons. The van der Waals surface area contributed by atoms with Crippen molar-refractivity contribution in [2.75, 3.05) is 13.2 Å². The van der Waals surface area contributed by atoms with Gasteiger partial charge >= 0.3 is 0 Å². The van der Waals surface area contributed by atoms with Crippen LogP contribution in [0.1, 0.15) is 37.6 Å². The Morgan fingerprint density at radius 3 is 2.84 bits per heavy atom. The summed E-state index contributed by atoms with van der Waals surface area (Å²) >= 11 is 1.79. The van der Waals surface area contributed by atoms with Gasteiger partial charge in [0.1, 0.15) is 10.8 Å². The highest BCUT2D eigenvalue weighted by Gasteiger charge is 2.37. The lowest BCUT2D eigenvalue weighted by atomic mass is 9.87. The maximum Gasteiger partial charge on any atom is 0.120 e. The summed E-state index contributed by atoms with van der Waals surface area (Å²) in [5.41, 5.74) is 7.25. The second kappa shape index (κ2) is 5.10. The zero-order valence-corrected chi connectivity index (χ0v) is 12.1. The number of thiazole rings is 1. The minimum atomic E-state index is 0.134. The van der Waals surface area contributed by atoms with Crippen molar-refractivity contribution in [2.45, 2.75) is 38.0 Å². The highest BCUT2D eigenvalue weighted by atomic mass is 32.1. The van der Waals surface area contributed by atoms with Crippen LogP contribution in [0.15, 0.2) is 18.2 Å². The number of fused-ring (bicyclic) bond motifs is 1. The summed E-state index contributed by atoms with van der Waals surface area (Å²) in [6, 6.07) is 6.15. The number of nitrogens with two attached hydrogens (primary N) is 1. The van der Waals surface area contributed by atoms with Crippen molar-refractivity contribution in [3.63, 3.8) is 0 Å². The van der Waals surface area contributed by atoms with Crippen LogP contribution in [0, 0.1) is 0 Å². The Morgan fingerprint density at radius 1 is 1.37 bits per heavy atom. The van der Waals surface area contributed by atoms with Gasteiger partial charge in [-0.15, -0.1) is 11.3 Å². The minimum absolute atomic E-state index is 0.134. The molecule has 1 aliphatic rings. The molecule has 3 rings (SSSR count). The summed E-state index contributed by atoms with van der Waals surface area (Å²) in [7, 11) is 0. The monoisotopic (exact) mass is 276 g/mol. The molecule has 2 aromatic rings. The number of nitrogens with zero attached hydrogens (tertiary/aromatic N) is 1. The number of rotatable bonds is 4. The van der Waals surface area contributed by atoms with E-state index in [2.05, 4.69) is 12.1 Å². The average molecular weight is 276 g/mol. The van der Waals surface area contributed by atoms with E-state index in [0.29, 0.717) is 13.2 Å². The van der Waals surface area contributed by atoms with Crippen LogP contribution in [0.25, 0.3) is 10.2 Å². The lowest BCUT2D eigenvalue weighted by Gasteiger charge is -2.23. The van der Waals surface area contributed by atoms with E-state index < -0.39 is 0 Å². The van der Waals surface area contributed by atoms with Crippen molar-refractivity contribution in [1.82, 2.24) is 4.98 Å². The first-order valence-corrected chi connectivity index (χ1v) is 7.83. The number of hydrogen-bond acceptors (Lipinski definition) is 4. The Hall–Kier alpha value is -1.13. The van der Waals surface area contributed by atoms with E-state index in [-0.39, 0.29) is 5.41 Å². The third-order valence-corrected chi connectivity index (χ3v) is 5.34. The SMILES string of the molecule is CCOc1ccc2nc(C3(CN)CCCC3)sc2c1. The zero-order chi connectivity index (χ0) is 13.3. The van der Waals surface area contributed by atoms with Gasteiger partial charge in [0.25, 0.3) is 0 Å². The summed E-state index contributed by atoms with van der Waals surface area (Å²) < 4.78 is 6.76. The highest BCUT2D eigenvalue weighted by Crippen LogP contribution is 2.43. The van der Waals surface area contributed by atoms with Gasteiger partial charge in [-0.25, -0.2) is 4.98 Å². The number of aromatic nitrogens is 1. The maximum absolute atomic E-state index is 6.04. The predicted molar refractivity (Wildman–Crippen MR) is 80.0 cm³/mol. The molecule has 2 N–H and O–H groups in total. The molecule has 102 valence electrons. The largest absolute Gasteiger partial charge is 0.494 e. The molecule has 19 heavy (non-hydrogen) atoms. The van der Waals surface area contributed by atoms with Crippen LogP contribution < -0.4 is 10.5 Å². The molecule has 0 atom stereocenters. The van der Waals surface area contributed by atoms with Gasteiger partial charge in [0.05, 0.1) is 16.8 Å². The van der Waals surface area contributed by atoms with Crippen molar-refractivity contribution in [2.24, 2.45) is 5.73 Å². The highest BCUT2D eigenvalue weighted by molar-refractivity contribution is 7.18. The van der Waals surface area contributed by atoms with Crippen molar-refractivity contribution in [1.29, 1.82) is 0 Å². The molecule has 0 amide bonds. The number of benzene rings is 1. The van der Waals surface area contributed by atoms with Gasteiger partial charge in [-0.1, -0.05) is 12.8 Å². The summed E-state index contributed by atoms with van der Waals surface area (Å²) in [5, 5.41) is 1.22. The molecule has 0 bridgehead atoms. The van der Waals surface area contributed by atoms with Gasteiger partial charge in [0, 0.05) is 12.0 Å². The van der Waals surface area contributed by atoms with Crippen LogP contribution in [-0.4, -0.2) is 18.1 Å². The fourth-order valence-electron chi connectivity index (χ4n) is 2.95. The molecule has 1 saturated carbocycles. The Bertz CT molecular complexity index is 573. The Labute approximate surface area is 117 Å². The molecule has 3 nitrogen and oxygen atoms in total. The fraction of sp³-hybridized carbons (Fsp3) is 0.533. The van der Waals surface area contributed by atoms with Crippen molar-refractivity contribution in [3.8, 4) is 5.75 Å². The van der Waals surface area contributed by atoms with Crippen LogP contribution in [-0.2, 0) is 5.41 Å². The molecule has 0 aliphatic heterocycles. The molecule has 4 heteroatoms. The summed E-state index contributed by atoms with van der Waals surface area (Å²) in [6.45, 7) is 3.42. The van der Waals surface area contributed by atoms with Crippen LogP contribution in [0.3, 0.4) is 0 Å². The van der Waals surface area contributed by atoms with Gasteiger partial charge in [-0.05, 0) is 38.0 Å². The van der Waals surface area contributed by atoms with Crippen LogP contribution in [0.2, 0.25) is 0 Å². The van der Waals surface area contributed by atoms with Crippen LogP contribution >= 0.6 is 11.3 Å². The van der Waals surface area contributed by atoms with E-state index in [4.69, 9.17) is 15.5 Å². The maximum atomic E-state index is 6.04. The Morgan fingerprint density at radius 2 is 2.16 bits per heavy atom. The molecule has 0 spiro atoms. The van der Waals surface area contributed by atoms with E-state index in [1.165, 1.54) is 35.4 Å². The van der Waals surface area contributed by atoms with E-state index >= 15 is 0 Å². The van der Waals surface area contributed by atoms with E-state index in [1.807, 2.05) is 13.0 Å². The normalized spacial score (nSPS) is 18.0. The van der Waals surface area contributed by atoms with Crippen molar-refractivity contribution >= 4 is 21.6 Å². The van der Waals surface area contributed by atoms with E-state index in [9.17, 15) is 0 Å². The number of ether oxygens (including phenoxy) is 1. The molecule has 1 heterocycles. The van der Waals surface area contributed by atoms with Gasteiger partial charge in [-0.2, -0.15) is 0 Å². The summed E-state index contributed by atoms with van der Waals surface area (Å²) in [5.74, 6) is 0.929. The first-order valence-electron chi connectivity index (χ1n) is 7.01. The van der Waals surface area contributed by atoms with E-state index in [1.54, 1.807) is 11.3 Å². The molecule has 1 aromatic carbocycles. The molecular weight excluding hydrogens is 256 g/mol. The van der Waals surface area contributed by atoms with Gasteiger partial charge < -0.3 is 10.5 Å². The second-order valence-corrected chi connectivity index (χ2v) is 6.30. The number of hydrogen-bond donors (Lipinski definition) is 1. The lowest BCUT2D eigenvalue weighted by molar-refractivity contribution is 0.341. The third-order valence-electron chi connectivity index (χ3n) is 4.08. The Kier molecular flexibility index (Phi) is 3.46. The third kappa shape index (κ3) is 2.23. The van der Waals surface area contributed by atoms with Gasteiger partial charge in [0.15, 0.2) is 0 Å². The molecule has 1 aromatic heterocycles. The summed E-state index contributed by atoms with van der Waals surface area (Å²) in [6.07, 6.45) is 4.91. The van der Waals surface area contributed by atoms with Gasteiger partial charge in [-0.3, -0.25) is 0 Å². The van der Waals surface area contributed by atoms with Crippen molar-refractivity contribution in [3.05, 3.63) is 23.2 Å². The molecule has 1 fully saturated rings.